The highest BCUT2D eigenvalue weighted by Crippen LogP contribution is 2.41. The fourth-order valence-corrected chi connectivity index (χ4v) is 4.75. The van der Waals surface area contributed by atoms with Gasteiger partial charge in [0.2, 0.25) is 5.91 Å². The van der Waals surface area contributed by atoms with Crippen LogP contribution in [0.2, 0.25) is 0 Å². The number of rotatable bonds is 4. The molecule has 2 aromatic carbocycles. The average molecular weight is 407 g/mol. The van der Waals surface area contributed by atoms with E-state index in [0.717, 1.165) is 44.1 Å². The number of nitrogens with zero attached hydrogens (tertiary/aromatic N) is 3. The molecular weight excluding hydrogens is 372 g/mol. The van der Waals surface area contributed by atoms with Crippen LogP contribution in [-0.2, 0) is 11.3 Å². The first-order chi connectivity index (χ1) is 14.3. The highest BCUT2D eigenvalue weighted by atomic mass is 16.1. The zero-order chi connectivity index (χ0) is 21.4. The number of benzene rings is 2. The lowest BCUT2D eigenvalue weighted by molar-refractivity contribution is -0.116. The lowest BCUT2D eigenvalue weighted by Gasteiger charge is -2.33. The summed E-state index contributed by atoms with van der Waals surface area (Å²) >= 11 is 0. The minimum Gasteiger partial charge on any atom is -0.378 e. The molecule has 0 saturated carbocycles. The van der Waals surface area contributed by atoms with Gasteiger partial charge in [0.1, 0.15) is 0 Å². The van der Waals surface area contributed by atoms with Gasteiger partial charge in [0.15, 0.2) is 0 Å². The Bertz CT molecular complexity index is 944. The molecule has 2 aromatic rings. The number of hydrogen-bond acceptors (Lipinski definition) is 4. The van der Waals surface area contributed by atoms with Crippen molar-refractivity contribution >= 4 is 17.3 Å². The Hall–Kier alpha value is -2.37. The van der Waals surface area contributed by atoms with Gasteiger partial charge in [0, 0.05) is 70.5 Å². The quantitative estimate of drug-likeness (QED) is 0.842. The number of hydrogen-bond donors (Lipinski definition) is 1. The predicted octanol–water partition coefficient (Wildman–Crippen LogP) is 3.59. The van der Waals surface area contributed by atoms with Crippen molar-refractivity contribution in [2.45, 2.75) is 32.7 Å². The zero-order valence-electron chi connectivity index (χ0n) is 19.0. The van der Waals surface area contributed by atoms with Gasteiger partial charge >= 0.3 is 0 Å². The van der Waals surface area contributed by atoms with E-state index in [1.165, 1.54) is 27.8 Å². The summed E-state index contributed by atoms with van der Waals surface area (Å²) in [6.07, 6.45) is 0.507. The Kier molecular flexibility index (Phi) is 5.85. The van der Waals surface area contributed by atoms with E-state index in [1.807, 2.05) is 14.1 Å². The van der Waals surface area contributed by atoms with Crippen LogP contribution in [0.15, 0.2) is 30.3 Å². The van der Waals surface area contributed by atoms with Crippen LogP contribution in [0.5, 0.6) is 0 Å². The molecule has 0 spiro atoms. The summed E-state index contributed by atoms with van der Waals surface area (Å²) in [7, 11) is 6.25. The van der Waals surface area contributed by atoms with E-state index in [4.69, 9.17) is 0 Å². The van der Waals surface area contributed by atoms with Crippen LogP contribution in [0.4, 0.5) is 11.4 Å². The third-order valence-corrected chi connectivity index (χ3v) is 6.66. The Morgan fingerprint density at radius 1 is 1.03 bits per heavy atom. The number of aryl methyl sites for hydroxylation is 1. The maximum atomic E-state index is 12.6. The second-order valence-corrected chi connectivity index (χ2v) is 9.19. The van der Waals surface area contributed by atoms with Crippen LogP contribution in [0.25, 0.3) is 0 Å². The third-order valence-electron chi connectivity index (χ3n) is 6.66. The highest BCUT2D eigenvalue weighted by molar-refractivity contribution is 5.96. The maximum absolute atomic E-state index is 12.6. The summed E-state index contributed by atoms with van der Waals surface area (Å²) in [6.45, 7) is 9.88. The van der Waals surface area contributed by atoms with E-state index in [1.54, 1.807) is 0 Å². The number of piperazine rings is 1. The molecule has 0 radical (unpaired) electrons. The third kappa shape index (κ3) is 4.23. The monoisotopic (exact) mass is 406 g/mol. The molecule has 1 unspecified atom stereocenters. The standard InChI is InChI=1S/C25H34N4O/c1-17-12-19(16-29-10-8-28(5)9-11-29)18(2)22(13-17)23-15-25(30)26-24-14-20(27(3)4)6-7-21(23)24/h6-7,12-14,23H,8-11,15-16H2,1-5H3,(H,26,30). The van der Waals surface area contributed by atoms with Gasteiger partial charge in [-0.2, -0.15) is 0 Å². The first-order valence-electron chi connectivity index (χ1n) is 10.9. The van der Waals surface area contributed by atoms with Crippen LogP contribution >= 0.6 is 0 Å². The zero-order valence-corrected chi connectivity index (χ0v) is 19.0. The summed E-state index contributed by atoms with van der Waals surface area (Å²) in [6, 6.07) is 11.1. The van der Waals surface area contributed by atoms with Gasteiger partial charge in [-0.3, -0.25) is 9.69 Å². The molecule has 2 heterocycles. The predicted molar refractivity (Wildman–Crippen MR) is 125 cm³/mol. The Balaban J connectivity index is 1.69. The Morgan fingerprint density at radius 3 is 2.47 bits per heavy atom. The molecule has 1 atom stereocenters. The van der Waals surface area contributed by atoms with Crippen molar-refractivity contribution in [2.24, 2.45) is 0 Å². The van der Waals surface area contributed by atoms with Crippen molar-refractivity contribution in [3.63, 3.8) is 0 Å². The van der Waals surface area contributed by atoms with E-state index < -0.39 is 0 Å². The van der Waals surface area contributed by atoms with Crippen molar-refractivity contribution in [2.75, 3.05) is 57.5 Å². The van der Waals surface area contributed by atoms with Gasteiger partial charge in [-0.1, -0.05) is 23.8 Å². The molecule has 5 heteroatoms. The van der Waals surface area contributed by atoms with Gasteiger partial charge in [0.05, 0.1) is 0 Å². The normalized spacial score (nSPS) is 20.0. The van der Waals surface area contributed by atoms with Gasteiger partial charge < -0.3 is 15.1 Å². The lowest BCUT2D eigenvalue weighted by atomic mass is 9.81. The smallest absolute Gasteiger partial charge is 0.225 e. The second-order valence-electron chi connectivity index (χ2n) is 9.19. The van der Waals surface area contributed by atoms with E-state index in [2.05, 4.69) is 71.2 Å². The van der Waals surface area contributed by atoms with E-state index in [-0.39, 0.29) is 11.8 Å². The summed E-state index contributed by atoms with van der Waals surface area (Å²) in [5.41, 5.74) is 8.58. The van der Waals surface area contributed by atoms with Crippen LogP contribution in [0.1, 0.15) is 40.2 Å². The molecule has 1 fully saturated rings. The minimum atomic E-state index is 0.102. The molecule has 0 aromatic heterocycles. The largest absolute Gasteiger partial charge is 0.378 e. The maximum Gasteiger partial charge on any atom is 0.225 e. The van der Waals surface area contributed by atoms with Crippen molar-refractivity contribution in [3.05, 3.63) is 58.1 Å². The van der Waals surface area contributed by atoms with Crippen molar-refractivity contribution in [3.8, 4) is 0 Å². The molecule has 30 heavy (non-hydrogen) atoms. The number of likely N-dealkylation sites (N-methyl/N-ethyl adjacent to an activating group) is 1. The minimum absolute atomic E-state index is 0.102. The first kappa shape index (κ1) is 20.9. The molecular formula is C25H34N4O. The van der Waals surface area contributed by atoms with Crippen LogP contribution < -0.4 is 10.2 Å². The topological polar surface area (TPSA) is 38.8 Å². The fraction of sp³-hybridized carbons (Fsp3) is 0.480. The number of anilines is 2. The first-order valence-corrected chi connectivity index (χ1v) is 10.9. The molecule has 1 N–H and O–H groups in total. The molecule has 160 valence electrons. The number of nitrogens with one attached hydrogen (secondary N) is 1. The summed E-state index contributed by atoms with van der Waals surface area (Å²) < 4.78 is 0. The van der Waals surface area contributed by atoms with E-state index >= 15 is 0 Å². The van der Waals surface area contributed by atoms with E-state index in [0.29, 0.717) is 6.42 Å². The molecule has 1 amide bonds. The Labute approximate surface area is 180 Å². The second kappa shape index (κ2) is 8.40. The van der Waals surface area contributed by atoms with Crippen molar-refractivity contribution in [1.29, 1.82) is 0 Å². The van der Waals surface area contributed by atoms with Crippen LogP contribution in [-0.4, -0.2) is 63.0 Å². The van der Waals surface area contributed by atoms with Gasteiger partial charge in [-0.15, -0.1) is 0 Å². The fourth-order valence-electron chi connectivity index (χ4n) is 4.75. The molecule has 0 bridgehead atoms. The molecule has 2 aliphatic heterocycles. The number of carbonyl (C=O) groups is 1. The van der Waals surface area contributed by atoms with E-state index in [9.17, 15) is 4.79 Å². The number of carbonyl (C=O) groups excluding carboxylic acids is 1. The van der Waals surface area contributed by atoms with Gasteiger partial charge in [-0.25, -0.2) is 0 Å². The molecule has 1 saturated heterocycles. The summed E-state index contributed by atoms with van der Waals surface area (Å²) in [4.78, 5) is 19.6. The molecule has 5 nitrogen and oxygen atoms in total. The van der Waals surface area contributed by atoms with Crippen LogP contribution in [0.3, 0.4) is 0 Å². The van der Waals surface area contributed by atoms with Gasteiger partial charge in [-0.05, 0) is 55.3 Å². The van der Waals surface area contributed by atoms with Crippen molar-refractivity contribution in [1.82, 2.24) is 9.80 Å². The molecule has 2 aliphatic rings. The highest BCUT2D eigenvalue weighted by Gasteiger charge is 2.29. The average Bonchev–Trinajstić information content (AvgIpc) is 2.71. The number of amides is 1. The van der Waals surface area contributed by atoms with Crippen LogP contribution in [0, 0.1) is 13.8 Å². The SMILES string of the molecule is Cc1cc(CN2CCN(C)CC2)c(C)c(C2CC(=O)Nc3cc(N(C)C)ccc32)c1. The summed E-state index contributed by atoms with van der Waals surface area (Å²) in [5.74, 6) is 0.209. The molecule has 0 aliphatic carbocycles. The summed E-state index contributed by atoms with van der Waals surface area (Å²) in [5, 5.41) is 3.09. The molecule has 4 rings (SSSR count). The Morgan fingerprint density at radius 2 is 1.77 bits per heavy atom. The number of fused-ring (bicyclic) bond motifs is 1. The van der Waals surface area contributed by atoms with Gasteiger partial charge in [0.25, 0.3) is 0 Å². The lowest BCUT2D eigenvalue weighted by Crippen LogP contribution is -2.44. The van der Waals surface area contributed by atoms with Crippen molar-refractivity contribution < 1.29 is 4.79 Å².